The van der Waals surface area contributed by atoms with Crippen LogP contribution in [0.5, 0.6) is 0 Å². The molecule has 4 heterocycles. The Balaban J connectivity index is 1.48. The van der Waals surface area contributed by atoms with E-state index in [-0.39, 0.29) is 0 Å². The Hall–Kier alpha value is -0.680. The molecule has 20 atom stereocenters. The van der Waals surface area contributed by atoms with E-state index in [1.807, 2.05) is 0 Å². The number of hydrogen-bond donors (Lipinski definition) is 9. The van der Waals surface area contributed by atoms with Crippen molar-refractivity contribution in [1.82, 2.24) is 0 Å². The summed E-state index contributed by atoms with van der Waals surface area (Å²) in [7, 11) is 1.31. The molecule has 0 spiro atoms. The molecule has 0 aromatic heterocycles. The summed E-state index contributed by atoms with van der Waals surface area (Å²) in [5, 5.41) is 85.1. The maximum atomic E-state index is 11.2. The van der Waals surface area contributed by atoms with Crippen molar-refractivity contribution in [3.05, 3.63) is 0 Å². The quantitative estimate of drug-likeness (QED) is 0.130. The zero-order chi connectivity index (χ0) is 31.2. The summed E-state index contributed by atoms with van der Waals surface area (Å²) < 4.78 is 44.7. The number of rotatable bonds is 7. The number of methoxy groups -OCH3 is 1. The first kappa shape index (κ1) is 34.2. The maximum absolute atomic E-state index is 11.2. The number of nitrogens with two attached hydrogens (primary N) is 1. The van der Waals surface area contributed by atoms with E-state index in [1.54, 1.807) is 6.92 Å². The van der Waals surface area contributed by atoms with E-state index in [0.717, 1.165) is 0 Å². The number of aliphatic hydroxyl groups excluding tert-OH is 8. The fourth-order valence-electron chi connectivity index (χ4n) is 5.57. The van der Waals surface area contributed by atoms with Crippen LogP contribution in [-0.2, 0) is 37.9 Å². The molecule has 0 aromatic rings. The van der Waals surface area contributed by atoms with Gasteiger partial charge in [0.25, 0.3) is 0 Å². The lowest BCUT2D eigenvalue weighted by Crippen LogP contribution is -2.67. The zero-order valence-electron chi connectivity index (χ0n) is 24.0. The average molecular weight is 616 g/mol. The van der Waals surface area contributed by atoms with Gasteiger partial charge in [-0.25, -0.2) is 0 Å². The van der Waals surface area contributed by atoms with Gasteiger partial charge in [-0.1, -0.05) is 0 Å². The van der Waals surface area contributed by atoms with Crippen molar-refractivity contribution in [2.75, 3.05) is 7.11 Å². The van der Waals surface area contributed by atoms with Gasteiger partial charge < -0.3 is 84.5 Å². The Bertz CT molecular complexity index is 874. The van der Waals surface area contributed by atoms with Gasteiger partial charge in [-0.05, 0) is 27.7 Å². The predicted molar refractivity (Wildman–Crippen MR) is 135 cm³/mol. The lowest BCUT2D eigenvalue weighted by atomic mass is 9.95. The van der Waals surface area contributed by atoms with Crippen LogP contribution >= 0.6 is 0 Å². The molecule has 246 valence electrons. The molecule has 0 amide bonds. The molecule has 0 unspecified atom stereocenters. The van der Waals surface area contributed by atoms with Crippen LogP contribution in [0.3, 0.4) is 0 Å². The van der Waals surface area contributed by atoms with Crippen LogP contribution < -0.4 is 5.73 Å². The molecule has 0 saturated carbocycles. The van der Waals surface area contributed by atoms with E-state index in [0.29, 0.717) is 0 Å². The van der Waals surface area contributed by atoms with Crippen molar-refractivity contribution in [3.63, 3.8) is 0 Å². The highest BCUT2D eigenvalue weighted by atomic mass is 16.8. The first-order valence-corrected chi connectivity index (χ1v) is 14.0. The second-order valence-corrected chi connectivity index (χ2v) is 11.4. The summed E-state index contributed by atoms with van der Waals surface area (Å²) in [5.74, 6) is 0. The molecule has 4 aliphatic heterocycles. The second-order valence-electron chi connectivity index (χ2n) is 11.4. The lowest BCUT2D eigenvalue weighted by molar-refractivity contribution is -0.385. The number of ether oxygens (including phenoxy) is 8. The van der Waals surface area contributed by atoms with Gasteiger partial charge in [0.1, 0.15) is 67.1 Å². The second kappa shape index (κ2) is 13.8. The fraction of sp³-hybridized carbons (Fsp3) is 1.00. The molecule has 0 aliphatic carbocycles. The Labute approximate surface area is 242 Å². The minimum Gasteiger partial charge on any atom is -0.388 e. The minimum absolute atomic E-state index is 0.656. The summed E-state index contributed by atoms with van der Waals surface area (Å²) in [6.07, 6.45) is -25.7. The van der Waals surface area contributed by atoms with E-state index in [4.69, 9.17) is 43.6 Å². The van der Waals surface area contributed by atoms with Crippen molar-refractivity contribution in [3.8, 4) is 0 Å². The summed E-state index contributed by atoms with van der Waals surface area (Å²) in [6, 6.07) is -0.781. The highest BCUT2D eigenvalue weighted by molar-refractivity contribution is 4.97. The van der Waals surface area contributed by atoms with E-state index in [9.17, 15) is 40.9 Å². The molecule has 4 rings (SSSR count). The molecule has 4 fully saturated rings. The van der Waals surface area contributed by atoms with Gasteiger partial charge in [-0.15, -0.1) is 0 Å². The van der Waals surface area contributed by atoms with Crippen LogP contribution in [0.25, 0.3) is 0 Å². The van der Waals surface area contributed by atoms with Crippen molar-refractivity contribution in [1.29, 1.82) is 0 Å². The standard InChI is InChI=1S/C25H45NO16/c1-6-10(26)14(30)21(35-5)25(37-6)41-19-13(29)9(4)38-23(17(19)33)40-18-12(28)8(3)39-24(16(18)32)42-20-15(31)11(27)7(2)36-22(20)34/h6-25,27-34H,26H2,1-5H3/t6-,7+,8+,9+,10-,11+,12+,13+,14+,15-,16-,17-,18-,19-,20-,21-,22-,23+,24+,25+/m1/s1. The van der Waals surface area contributed by atoms with Crippen LogP contribution in [0.2, 0.25) is 0 Å². The van der Waals surface area contributed by atoms with Crippen LogP contribution in [0.4, 0.5) is 0 Å². The van der Waals surface area contributed by atoms with Gasteiger partial charge >= 0.3 is 0 Å². The highest BCUT2D eigenvalue weighted by Crippen LogP contribution is 2.34. The van der Waals surface area contributed by atoms with Crippen LogP contribution in [0.15, 0.2) is 0 Å². The van der Waals surface area contributed by atoms with Gasteiger partial charge in [-0.2, -0.15) is 0 Å². The van der Waals surface area contributed by atoms with Gasteiger partial charge in [0.15, 0.2) is 25.2 Å². The van der Waals surface area contributed by atoms with Gasteiger partial charge in [0.2, 0.25) is 0 Å². The monoisotopic (exact) mass is 615 g/mol. The fourth-order valence-corrected chi connectivity index (χ4v) is 5.57. The third kappa shape index (κ3) is 6.63. The van der Waals surface area contributed by atoms with Crippen molar-refractivity contribution >= 4 is 0 Å². The van der Waals surface area contributed by atoms with Crippen molar-refractivity contribution < 1.29 is 78.7 Å². The Morgan fingerprint density at radius 1 is 0.452 bits per heavy atom. The summed E-state index contributed by atoms with van der Waals surface area (Å²) >= 11 is 0. The topological polar surface area (TPSA) is 262 Å². The maximum Gasteiger partial charge on any atom is 0.187 e. The van der Waals surface area contributed by atoms with E-state index in [1.165, 1.54) is 27.9 Å². The summed E-state index contributed by atoms with van der Waals surface area (Å²) in [6.45, 7) is 5.99. The van der Waals surface area contributed by atoms with E-state index < -0.39 is 123 Å². The van der Waals surface area contributed by atoms with Crippen LogP contribution in [-0.4, -0.2) is 171 Å². The molecule has 4 aliphatic rings. The molecule has 17 heteroatoms. The Kier molecular flexibility index (Phi) is 11.2. The Morgan fingerprint density at radius 3 is 1.38 bits per heavy atom. The molecular weight excluding hydrogens is 570 g/mol. The first-order chi connectivity index (χ1) is 19.7. The molecule has 42 heavy (non-hydrogen) atoms. The van der Waals surface area contributed by atoms with Crippen LogP contribution in [0, 0.1) is 0 Å². The molecule has 0 bridgehead atoms. The highest BCUT2D eigenvalue weighted by Gasteiger charge is 2.54. The molecule has 10 N–H and O–H groups in total. The zero-order valence-corrected chi connectivity index (χ0v) is 24.0. The Morgan fingerprint density at radius 2 is 0.881 bits per heavy atom. The van der Waals surface area contributed by atoms with Crippen molar-refractivity contribution in [2.45, 2.75) is 150 Å². The van der Waals surface area contributed by atoms with Gasteiger partial charge in [-0.3, -0.25) is 0 Å². The molecule has 17 nitrogen and oxygen atoms in total. The largest absolute Gasteiger partial charge is 0.388 e. The van der Waals surface area contributed by atoms with E-state index in [2.05, 4.69) is 0 Å². The number of hydrogen-bond acceptors (Lipinski definition) is 17. The van der Waals surface area contributed by atoms with Gasteiger partial charge in [0, 0.05) is 7.11 Å². The third-order valence-corrected chi connectivity index (χ3v) is 8.40. The van der Waals surface area contributed by atoms with Crippen LogP contribution in [0.1, 0.15) is 27.7 Å². The minimum atomic E-state index is -1.76. The normalized spacial score (nSPS) is 55.9. The summed E-state index contributed by atoms with van der Waals surface area (Å²) in [4.78, 5) is 0. The number of aliphatic hydroxyl groups is 8. The molecular formula is C25H45NO16. The average Bonchev–Trinajstić information content (AvgIpc) is 2.94. The summed E-state index contributed by atoms with van der Waals surface area (Å²) in [5.41, 5.74) is 5.96. The van der Waals surface area contributed by atoms with Crippen molar-refractivity contribution in [2.24, 2.45) is 5.73 Å². The SMILES string of the molecule is CO[C@H]1[C@H](O[C@@H]2[C@@H](O)[C@H](C)O[C@@H](O[C@@H]3[C@@H](O)[C@H](C)O[C@@H](O[C@@H]4[C@H](O)[C@@H](O)[C@H](C)O[C@H]4O)[C@@H]3O)[C@@H]2O)O[C@H](C)[C@@H](N)[C@@H]1O. The lowest BCUT2D eigenvalue weighted by Gasteiger charge is -2.48. The molecule has 4 saturated heterocycles. The molecule has 0 radical (unpaired) electrons. The third-order valence-electron chi connectivity index (χ3n) is 8.40. The first-order valence-electron chi connectivity index (χ1n) is 14.0. The smallest absolute Gasteiger partial charge is 0.187 e. The van der Waals surface area contributed by atoms with E-state index >= 15 is 0 Å². The predicted octanol–water partition coefficient (Wildman–Crippen LogP) is -5.02. The molecule has 0 aromatic carbocycles. The van der Waals surface area contributed by atoms with Gasteiger partial charge in [0.05, 0.1) is 30.5 Å².